The number of nitrogens with zero attached hydrogens (tertiary/aromatic N) is 1. The average molecular weight is 388 g/mol. The van der Waals surface area contributed by atoms with Crippen molar-refractivity contribution in [3.63, 3.8) is 0 Å². The number of nitro groups is 1. The number of hydrogen-bond donors (Lipinski definition) is 3. The monoisotopic (exact) mass is 388 g/mol. The fourth-order valence-electron chi connectivity index (χ4n) is 2.51. The number of aromatic hydroxyl groups is 1. The van der Waals surface area contributed by atoms with Crippen LogP contribution in [0.15, 0.2) is 59.5 Å². The van der Waals surface area contributed by atoms with Gasteiger partial charge in [-0.15, -0.1) is 0 Å². The molecule has 0 saturated heterocycles. The molecule has 3 aromatic carbocycles. The highest BCUT2D eigenvalue weighted by Crippen LogP contribution is 2.33. The standard InChI is InChI=1S/C17H12N2O7S/c20-16-8-7-15(14-9-12(27(24,25)26)5-6-13(14)16)18-17(21)10-1-3-11(4-2-10)19(22)23/h1-9,20H,(H,18,21)(H,24,25,26). The van der Waals surface area contributed by atoms with Crippen molar-refractivity contribution in [3.05, 3.63) is 70.3 Å². The maximum Gasteiger partial charge on any atom is 0.294 e. The van der Waals surface area contributed by atoms with Gasteiger partial charge in [-0.25, -0.2) is 0 Å². The molecule has 0 unspecified atom stereocenters. The van der Waals surface area contributed by atoms with Gasteiger partial charge in [0.2, 0.25) is 0 Å². The lowest BCUT2D eigenvalue weighted by Gasteiger charge is -2.11. The van der Waals surface area contributed by atoms with E-state index < -0.39 is 25.8 Å². The number of hydrogen-bond acceptors (Lipinski definition) is 6. The summed E-state index contributed by atoms with van der Waals surface area (Å²) in [5, 5.41) is 23.6. The summed E-state index contributed by atoms with van der Waals surface area (Å²) in [6.45, 7) is 0. The van der Waals surface area contributed by atoms with Crippen LogP contribution in [0, 0.1) is 10.1 Å². The van der Waals surface area contributed by atoms with E-state index in [-0.39, 0.29) is 33.5 Å². The van der Waals surface area contributed by atoms with Gasteiger partial charge in [-0.1, -0.05) is 0 Å². The van der Waals surface area contributed by atoms with Crippen molar-refractivity contribution >= 4 is 38.2 Å². The van der Waals surface area contributed by atoms with Crippen LogP contribution >= 0.6 is 0 Å². The van der Waals surface area contributed by atoms with Crippen molar-refractivity contribution < 1.29 is 27.8 Å². The Balaban J connectivity index is 2.02. The minimum absolute atomic E-state index is 0.139. The van der Waals surface area contributed by atoms with Crippen LogP contribution in [0.2, 0.25) is 0 Å². The third-order valence-electron chi connectivity index (χ3n) is 3.85. The predicted octanol–water partition coefficient (Wildman–Crippen LogP) is 2.95. The molecule has 3 rings (SSSR count). The molecule has 1 amide bonds. The Morgan fingerprint density at radius 3 is 2.26 bits per heavy atom. The molecule has 0 fully saturated rings. The topological polar surface area (TPSA) is 147 Å². The lowest BCUT2D eigenvalue weighted by atomic mass is 10.1. The quantitative estimate of drug-likeness (QED) is 0.269. The summed E-state index contributed by atoms with van der Waals surface area (Å²) in [6.07, 6.45) is 0. The van der Waals surface area contributed by atoms with E-state index in [9.17, 15) is 33.0 Å². The fraction of sp³-hybridized carbons (Fsp3) is 0. The Hall–Kier alpha value is -3.50. The van der Waals surface area contributed by atoms with E-state index in [4.69, 9.17) is 0 Å². The van der Waals surface area contributed by atoms with Crippen molar-refractivity contribution in [2.75, 3.05) is 5.32 Å². The Bertz CT molecular complexity index is 1170. The number of carbonyl (C=O) groups excluding carboxylic acids is 1. The number of benzene rings is 3. The number of nitro benzene ring substituents is 1. The highest BCUT2D eigenvalue weighted by atomic mass is 32.2. The van der Waals surface area contributed by atoms with Gasteiger partial charge in [0.05, 0.1) is 9.82 Å². The van der Waals surface area contributed by atoms with Crippen LogP contribution in [-0.4, -0.2) is 28.9 Å². The maximum atomic E-state index is 12.4. The molecule has 0 aliphatic carbocycles. The molecule has 0 atom stereocenters. The number of carbonyl (C=O) groups is 1. The van der Waals surface area contributed by atoms with Crippen LogP contribution in [0.5, 0.6) is 5.75 Å². The number of phenols is 1. The molecule has 0 radical (unpaired) electrons. The highest BCUT2D eigenvalue weighted by molar-refractivity contribution is 7.85. The van der Waals surface area contributed by atoms with Gasteiger partial charge in [0, 0.05) is 34.2 Å². The van der Waals surface area contributed by atoms with E-state index in [1.807, 2.05) is 0 Å². The SMILES string of the molecule is O=C(Nc1ccc(O)c2ccc(S(=O)(=O)O)cc12)c1ccc([N+](=O)[O-])cc1. The smallest absolute Gasteiger partial charge is 0.294 e. The lowest BCUT2D eigenvalue weighted by Crippen LogP contribution is -2.12. The van der Waals surface area contributed by atoms with Crippen molar-refractivity contribution in [2.24, 2.45) is 0 Å². The summed E-state index contributed by atoms with van der Waals surface area (Å²) in [6, 6.07) is 11.2. The van der Waals surface area contributed by atoms with Crippen LogP contribution in [-0.2, 0) is 10.1 Å². The number of nitrogens with one attached hydrogen (secondary N) is 1. The minimum Gasteiger partial charge on any atom is -0.507 e. The van der Waals surface area contributed by atoms with Crippen LogP contribution in [0.4, 0.5) is 11.4 Å². The Morgan fingerprint density at radius 1 is 1.00 bits per heavy atom. The zero-order valence-electron chi connectivity index (χ0n) is 13.5. The van der Waals surface area contributed by atoms with Crippen molar-refractivity contribution in [3.8, 4) is 5.75 Å². The fourth-order valence-corrected chi connectivity index (χ4v) is 3.02. The van der Waals surface area contributed by atoms with Gasteiger partial charge in [0.15, 0.2) is 0 Å². The van der Waals surface area contributed by atoms with E-state index >= 15 is 0 Å². The molecule has 138 valence electrons. The maximum absolute atomic E-state index is 12.4. The normalized spacial score (nSPS) is 11.3. The predicted molar refractivity (Wildman–Crippen MR) is 96.5 cm³/mol. The molecule has 0 aromatic heterocycles. The summed E-state index contributed by atoms with van der Waals surface area (Å²) in [5.74, 6) is -0.727. The van der Waals surface area contributed by atoms with Crippen molar-refractivity contribution in [2.45, 2.75) is 4.90 Å². The van der Waals surface area contributed by atoms with Gasteiger partial charge in [0.1, 0.15) is 5.75 Å². The van der Waals surface area contributed by atoms with E-state index in [1.165, 1.54) is 42.5 Å². The second kappa shape index (κ2) is 6.67. The van der Waals surface area contributed by atoms with Gasteiger partial charge >= 0.3 is 0 Å². The summed E-state index contributed by atoms with van der Waals surface area (Å²) in [4.78, 5) is 22.1. The summed E-state index contributed by atoms with van der Waals surface area (Å²) in [5.41, 5.74) is 0.170. The van der Waals surface area contributed by atoms with Crippen LogP contribution < -0.4 is 5.32 Å². The van der Waals surface area contributed by atoms with Gasteiger partial charge in [-0.05, 0) is 42.5 Å². The average Bonchev–Trinajstić information content (AvgIpc) is 2.63. The zero-order valence-corrected chi connectivity index (χ0v) is 14.3. The first kappa shape index (κ1) is 18.3. The van der Waals surface area contributed by atoms with Gasteiger partial charge < -0.3 is 10.4 Å². The first-order chi connectivity index (χ1) is 12.7. The molecule has 0 heterocycles. The Labute approximate surface area is 152 Å². The van der Waals surface area contributed by atoms with Crippen molar-refractivity contribution in [1.29, 1.82) is 0 Å². The zero-order chi connectivity index (χ0) is 19.8. The number of non-ortho nitro benzene ring substituents is 1. The number of amides is 1. The highest BCUT2D eigenvalue weighted by Gasteiger charge is 2.15. The third-order valence-corrected chi connectivity index (χ3v) is 4.70. The number of fused-ring (bicyclic) bond motifs is 1. The van der Waals surface area contributed by atoms with E-state index in [1.54, 1.807) is 0 Å². The Morgan fingerprint density at radius 2 is 1.67 bits per heavy atom. The molecular formula is C17H12N2O7S. The largest absolute Gasteiger partial charge is 0.507 e. The number of anilines is 1. The molecule has 0 saturated carbocycles. The van der Waals surface area contributed by atoms with E-state index in [0.29, 0.717) is 0 Å². The molecule has 10 heteroatoms. The van der Waals surface area contributed by atoms with Gasteiger partial charge in [0.25, 0.3) is 21.7 Å². The minimum atomic E-state index is -4.48. The Kier molecular flexibility index (Phi) is 4.52. The molecule has 9 nitrogen and oxygen atoms in total. The first-order valence-corrected chi connectivity index (χ1v) is 8.90. The second-order valence-corrected chi connectivity index (χ2v) is 6.99. The van der Waals surface area contributed by atoms with Crippen LogP contribution in [0.3, 0.4) is 0 Å². The third kappa shape index (κ3) is 3.71. The molecular weight excluding hydrogens is 376 g/mol. The molecule has 0 aliphatic rings. The van der Waals surface area contributed by atoms with Crippen molar-refractivity contribution in [1.82, 2.24) is 0 Å². The van der Waals surface area contributed by atoms with Crippen LogP contribution in [0.25, 0.3) is 10.8 Å². The van der Waals surface area contributed by atoms with Gasteiger partial charge in [-0.2, -0.15) is 8.42 Å². The molecule has 3 aromatic rings. The lowest BCUT2D eigenvalue weighted by molar-refractivity contribution is -0.384. The number of phenolic OH excluding ortho intramolecular Hbond substituents is 1. The van der Waals surface area contributed by atoms with Gasteiger partial charge in [-0.3, -0.25) is 19.5 Å². The molecule has 27 heavy (non-hydrogen) atoms. The van der Waals surface area contributed by atoms with E-state index in [0.717, 1.165) is 12.1 Å². The molecule has 0 spiro atoms. The second-order valence-electron chi connectivity index (χ2n) is 5.57. The molecule has 0 aliphatic heterocycles. The molecule has 3 N–H and O–H groups in total. The first-order valence-electron chi connectivity index (χ1n) is 7.46. The van der Waals surface area contributed by atoms with Crippen LogP contribution in [0.1, 0.15) is 10.4 Å². The van der Waals surface area contributed by atoms with E-state index in [2.05, 4.69) is 5.32 Å². The summed E-state index contributed by atoms with van der Waals surface area (Å²) >= 11 is 0. The molecule has 0 bridgehead atoms. The number of rotatable bonds is 4. The summed E-state index contributed by atoms with van der Waals surface area (Å²) in [7, 11) is -4.48. The summed E-state index contributed by atoms with van der Waals surface area (Å²) < 4.78 is 31.9.